The number of thiocarbonyl (C=S) groups is 1. The van der Waals surface area contributed by atoms with Gasteiger partial charge in [-0.2, -0.15) is 18.3 Å². The molecule has 0 atom stereocenters. The van der Waals surface area contributed by atoms with Crippen molar-refractivity contribution >= 4 is 23.2 Å². The summed E-state index contributed by atoms with van der Waals surface area (Å²) in [7, 11) is 0. The maximum absolute atomic E-state index is 13.8. The number of aromatic nitrogens is 2. The van der Waals surface area contributed by atoms with Crippen molar-refractivity contribution < 1.29 is 18.0 Å². The number of nitrogens with one attached hydrogen (secondary N) is 3. The Kier molecular flexibility index (Phi) is 5.15. The van der Waals surface area contributed by atoms with Crippen molar-refractivity contribution in [1.82, 2.24) is 25.9 Å². The lowest BCUT2D eigenvalue weighted by Crippen LogP contribution is -2.62. The van der Waals surface area contributed by atoms with Crippen molar-refractivity contribution in [2.24, 2.45) is 17.8 Å². The standard InChI is InChI=1S/C22H24F3N5OS/c23-22(24,25)18-17(12-26-30(18)16-4-2-1-3-5-16)19(31)28-29-20(32)27-21-9-13-6-14(10-21)8-15(7-13)11-21/h1-5,12-15H,6-11H2,(H,28,31)(H2,27,29,32). The molecular formula is C22H24F3N5OS. The fourth-order valence-electron chi connectivity index (χ4n) is 6.27. The normalized spacial score (nSPS) is 28.4. The van der Waals surface area contributed by atoms with Gasteiger partial charge >= 0.3 is 6.18 Å². The molecule has 3 N–H and O–H groups in total. The third kappa shape index (κ3) is 3.96. The average Bonchev–Trinajstić information content (AvgIpc) is 3.17. The van der Waals surface area contributed by atoms with Crippen LogP contribution in [0.5, 0.6) is 0 Å². The highest BCUT2D eigenvalue weighted by atomic mass is 32.1. The number of amides is 1. The van der Waals surface area contributed by atoms with E-state index in [1.54, 1.807) is 18.2 Å². The van der Waals surface area contributed by atoms with Crippen LogP contribution in [0.1, 0.15) is 54.6 Å². The molecule has 4 saturated carbocycles. The lowest BCUT2D eigenvalue weighted by molar-refractivity contribution is -0.143. The van der Waals surface area contributed by atoms with Gasteiger partial charge in [0.15, 0.2) is 10.8 Å². The quantitative estimate of drug-likeness (QED) is 0.475. The molecule has 6 rings (SSSR count). The van der Waals surface area contributed by atoms with E-state index in [4.69, 9.17) is 12.2 Å². The Morgan fingerprint density at radius 1 is 1.03 bits per heavy atom. The van der Waals surface area contributed by atoms with Crippen LogP contribution in [0.2, 0.25) is 0 Å². The Morgan fingerprint density at radius 3 is 2.19 bits per heavy atom. The minimum Gasteiger partial charge on any atom is -0.356 e. The third-order valence-corrected chi connectivity index (χ3v) is 7.19. The monoisotopic (exact) mass is 463 g/mol. The van der Waals surface area contributed by atoms with Crippen molar-refractivity contribution in [2.45, 2.75) is 50.2 Å². The third-order valence-electron chi connectivity index (χ3n) is 6.99. The molecule has 0 radical (unpaired) electrons. The Bertz CT molecular complexity index is 1000. The maximum Gasteiger partial charge on any atom is 0.434 e. The first-order valence-electron chi connectivity index (χ1n) is 10.8. The number of hydrazine groups is 1. The SMILES string of the molecule is O=C(NNC(=S)NC12CC3CC(CC(C3)C1)C2)c1cnn(-c2ccccc2)c1C(F)(F)F. The molecule has 0 spiro atoms. The molecule has 1 amide bonds. The fourth-order valence-corrected chi connectivity index (χ4v) is 6.54. The summed E-state index contributed by atoms with van der Waals surface area (Å²) in [4.78, 5) is 12.6. The molecule has 4 fully saturated rings. The van der Waals surface area contributed by atoms with Gasteiger partial charge in [-0.15, -0.1) is 0 Å². The van der Waals surface area contributed by atoms with E-state index >= 15 is 0 Å². The Hall–Kier alpha value is -2.62. The first kappa shape index (κ1) is 21.2. The highest BCUT2D eigenvalue weighted by Crippen LogP contribution is 2.55. The summed E-state index contributed by atoms with van der Waals surface area (Å²) < 4.78 is 42.1. The van der Waals surface area contributed by atoms with Crippen LogP contribution in [0.25, 0.3) is 5.69 Å². The molecule has 0 saturated heterocycles. The van der Waals surface area contributed by atoms with Gasteiger partial charge in [0.25, 0.3) is 5.91 Å². The van der Waals surface area contributed by atoms with Crippen LogP contribution in [0.3, 0.4) is 0 Å². The van der Waals surface area contributed by atoms with Crippen molar-refractivity contribution in [1.29, 1.82) is 0 Å². The van der Waals surface area contributed by atoms with Crippen LogP contribution in [0.15, 0.2) is 36.5 Å². The summed E-state index contributed by atoms with van der Waals surface area (Å²) >= 11 is 5.37. The van der Waals surface area contributed by atoms with Crippen LogP contribution in [0, 0.1) is 17.8 Å². The first-order valence-corrected chi connectivity index (χ1v) is 11.2. The van der Waals surface area contributed by atoms with Crippen LogP contribution >= 0.6 is 12.2 Å². The molecule has 4 aliphatic carbocycles. The van der Waals surface area contributed by atoms with Gasteiger partial charge in [0.2, 0.25) is 0 Å². The van der Waals surface area contributed by atoms with Crippen LogP contribution in [0.4, 0.5) is 13.2 Å². The van der Waals surface area contributed by atoms with Crippen molar-refractivity contribution in [3.8, 4) is 5.69 Å². The van der Waals surface area contributed by atoms with E-state index in [0.29, 0.717) is 17.8 Å². The number of para-hydroxylation sites is 1. The second kappa shape index (κ2) is 7.75. The van der Waals surface area contributed by atoms with Crippen LogP contribution < -0.4 is 16.2 Å². The summed E-state index contributed by atoms with van der Waals surface area (Å²) in [6.45, 7) is 0. The predicted octanol–water partition coefficient (Wildman–Crippen LogP) is 3.97. The molecule has 10 heteroatoms. The summed E-state index contributed by atoms with van der Waals surface area (Å²) in [5.41, 5.74) is 3.34. The molecule has 1 aromatic heterocycles. The number of rotatable bonds is 3. The number of carbonyl (C=O) groups is 1. The van der Waals surface area contributed by atoms with Gasteiger partial charge in [-0.3, -0.25) is 15.6 Å². The van der Waals surface area contributed by atoms with Crippen molar-refractivity contribution in [3.63, 3.8) is 0 Å². The molecular weight excluding hydrogens is 439 g/mol. The topological polar surface area (TPSA) is 71.0 Å². The minimum atomic E-state index is -4.77. The van der Waals surface area contributed by atoms with Gasteiger partial charge in [0, 0.05) is 5.54 Å². The number of benzene rings is 1. The number of carbonyl (C=O) groups excluding carboxylic acids is 1. The summed E-state index contributed by atoms with van der Waals surface area (Å²) in [6, 6.07) is 7.88. The Balaban J connectivity index is 1.27. The molecule has 0 unspecified atom stereocenters. The zero-order chi connectivity index (χ0) is 22.5. The molecule has 170 valence electrons. The first-order chi connectivity index (χ1) is 15.2. The van der Waals surface area contributed by atoms with E-state index in [2.05, 4.69) is 21.3 Å². The zero-order valence-electron chi connectivity index (χ0n) is 17.3. The zero-order valence-corrected chi connectivity index (χ0v) is 18.1. The average molecular weight is 464 g/mol. The van der Waals surface area contributed by atoms with E-state index in [1.165, 1.54) is 31.4 Å². The van der Waals surface area contributed by atoms with Crippen molar-refractivity contribution in [2.75, 3.05) is 0 Å². The highest BCUT2D eigenvalue weighted by molar-refractivity contribution is 7.80. The van der Waals surface area contributed by atoms with Crippen molar-refractivity contribution in [3.05, 3.63) is 47.8 Å². The van der Waals surface area contributed by atoms with E-state index in [9.17, 15) is 18.0 Å². The highest BCUT2D eigenvalue weighted by Gasteiger charge is 2.51. The maximum atomic E-state index is 13.8. The van der Waals surface area contributed by atoms with Crippen LogP contribution in [-0.4, -0.2) is 26.3 Å². The second-order valence-electron chi connectivity index (χ2n) is 9.38. The summed E-state index contributed by atoms with van der Waals surface area (Å²) in [5.74, 6) is 1.19. The summed E-state index contributed by atoms with van der Waals surface area (Å²) in [5, 5.41) is 7.40. The Labute approximate surface area is 188 Å². The van der Waals surface area contributed by atoms with Gasteiger partial charge in [0.1, 0.15) is 0 Å². The molecule has 0 aliphatic heterocycles. The molecule has 6 nitrogen and oxygen atoms in total. The van der Waals surface area contributed by atoms with E-state index in [-0.39, 0.29) is 16.3 Å². The number of hydrogen-bond donors (Lipinski definition) is 3. The summed E-state index contributed by atoms with van der Waals surface area (Å²) in [6.07, 6.45) is 3.15. The molecule has 4 aliphatic rings. The fraction of sp³-hybridized carbons (Fsp3) is 0.500. The molecule has 1 heterocycles. The predicted molar refractivity (Wildman–Crippen MR) is 116 cm³/mol. The van der Waals surface area contributed by atoms with E-state index < -0.39 is 23.3 Å². The largest absolute Gasteiger partial charge is 0.434 e. The van der Waals surface area contributed by atoms with Gasteiger partial charge in [-0.25, -0.2) is 4.68 Å². The number of nitrogens with zero attached hydrogens (tertiary/aromatic N) is 2. The van der Waals surface area contributed by atoms with Gasteiger partial charge in [0.05, 0.1) is 17.4 Å². The molecule has 2 aromatic rings. The van der Waals surface area contributed by atoms with Gasteiger partial charge in [-0.1, -0.05) is 18.2 Å². The minimum absolute atomic E-state index is 0.0706. The van der Waals surface area contributed by atoms with Crippen LogP contribution in [-0.2, 0) is 6.18 Å². The lowest BCUT2D eigenvalue weighted by atomic mass is 9.53. The second-order valence-corrected chi connectivity index (χ2v) is 9.79. The molecule has 4 bridgehead atoms. The molecule has 32 heavy (non-hydrogen) atoms. The van der Waals surface area contributed by atoms with E-state index in [0.717, 1.165) is 30.1 Å². The number of halogens is 3. The van der Waals surface area contributed by atoms with Gasteiger partial charge < -0.3 is 5.32 Å². The van der Waals surface area contributed by atoms with E-state index in [1.807, 2.05) is 0 Å². The van der Waals surface area contributed by atoms with Gasteiger partial charge in [-0.05, 0) is 80.6 Å². The lowest BCUT2D eigenvalue weighted by Gasteiger charge is -2.57. The smallest absolute Gasteiger partial charge is 0.356 e. The Morgan fingerprint density at radius 2 is 1.62 bits per heavy atom. The molecule has 1 aromatic carbocycles. The number of alkyl halides is 3. The number of hydrogen-bond acceptors (Lipinski definition) is 3.